The molecular weight excluding hydrogens is 751 g/mol. The van der Waals surface area contributed by atoms with E-state index in [-0.39, 0.29) is 49.4 Å². The molecule has 0 amide bonds. The highest BCUT2D eigenvalue weighted by atomic mass is 19.1. The Morgan fingerprint density at radius 3 is 2.09 bits per heavy atom. The fraction of sp³-hybridized carbons (Fsp3) is 0.865. The van der Waals surface area contributed by atoms with Gasteiger partial charge >= 0.3 is 23.9 Å². The molecule has 0 aromatic rings. The summed E-state index contributed by atoms with van der Waals surface area (Å²) in [6.07, 6.45) is -21.1. The van der Waals surface area contributed by atoms with Crippen LogP contribution in [0.5, 0.6) is 0 Å². The van der Waals surface area contributed by atoms with Crippen LogP contribution in [0.2, 0.25) is 0 Å². The van der Waals surface area contributed by atoms with Gasteiger partial charge in [-0.3, -0.25) is 14.4 Å². The van der Waals surface area contributed by atoms with E-state index in [0.717, 1.165) is 0 Å². The second kappa shape index (κ2) is 16.1. The number of aliphatic hydroxyl groups excluding tert-OH is 6. The third-order valence-corrected chi connectivity index (χ3v) is 13.8. The maximum absolute atomic E-state index is 16.8. The number of esters is 3. The normalized spacial score (nSPS) is 48.7. The largest absolute Gasteiger partial charge is 0.479 e. The van der Waals surface area contributed by atoms with Gasteiger partial charge in [-0.1, -0.05) is 13.8 Å². The van der Waals surface area contributed by atoms with Crippen molar-refractivity contribution in [3.63, 3.8) is 0 Å². The Morgan fingerprint density at radius 1 is 0.768 bits per heavy atom. The molecule has 6 rings (SSSR count). The van der Waals surface area contributed by atoms with Gasteiger partial charge in [-0.05, 0) is 73.5 Å². The van der Waals surface area contributed by atoms with E-state index < -0.39 is 126 Å². The van der Waals surface area contributed by atoms with E-state index in [4.69, 9.17) is 28.4 Å². The predicted octanol–water partition coefficient (Wildman–Crippen LogP) is -1.10. The zero-order valence-electron chi connectivity index (χ0n) is 31.5. The highest BCUT2D eigenvalue weighted by Gasteiger charge is 2.67. The number of aliphatic hydroxyl groups is 6. The first-order valence-electron chi connectivity index (χ1n) is 19.1. The Kier molecular flexibility index (Phi) is 12.2. The first kappa shape index (κ1) is 42.7. The molecule has 19 heteroatoms. The number of ketones is 1. The van der Waals surface area contributed by atoms with Crippen molar-refractivity contribution in [2.75, 3.05) is 6.61 Å². The lowest BCUT2D eigenvalue weighted by Crippen LogP contribution is -2.65. The summed E-state index contributed by atoms with van der Waals surface area (Å²) in [5, 5.41) is 71.4. The Labute approximate surface area is 321 Å². The fourth-order valence-electron chi connectivity index (χ4n) is 11.3. The van der Waals surface area contributed by atoms with Gasteiger partial charge in [0, 0.05) is 25.7 Å². The molecule has 6 aliphatic rings. The maximum atomic E-state index is 16.8. The van der Waals surface area contributed by atoms with Gasteiger partial charge < -0.3 is 64.2 Å². The summed E-state index contributed by atoms with van der Waals surface area (Å²) in [5.41, 5.74) is -1.39. The third kappa shape index (κ3) is 7.58. The molecular formula is C37H53FO18. The maximum Gasteiger partial charge on any atom is 0.338 e. The van der Waals surface area contributed by atoms with Crippen LogP contribution in [0, 0.1) is 40.4 Å². The van der Waals surface area contributed by atoms with Crippen LogP contribution in [0.1, 0.15) is 72.6 Å². The number of rotatable bonds is 9. The molecule has 2 aliphatic heterocycles. The Morgan fingerprint density at radius 2 is 1.45 bits per heavy atom. The number of carbonyl (C=O) groups excluding carboxylic acids is 4. The quantitative estimate of drug-likeness (QED) is 0.0827. The van der Waals surface area contributed by atoms with Crippen LogP contribution in [0.4, 0.5) is 4.39 Å². The minimum Gasteiger partial charge on any atom is -0.479 e. The van der Waals surface area contributed by atoms with Crippen molar-refractivity contribution in [1.82, 2.24) is 0 Å². The van der Waals surface area contributed by atoms with Crippen LogP contribution in [-0.4, -0.2) is 152 Å². The number of carboxylic acids is 1. The van der Waals surface area contributed by atoms with Crippen LogP contribution in [0.3, 0.4) is 0 Å². The number of aliphatic carboxylic acids is 1. The van der Waals surface area contributed by atoms with Gasteiger partial charge in [0.25, 0.3) is 0 Å². The Balaban J connectivity index is 1.22. The lowest BCUT2D eigenvalue weighted by molar-refractivity contribution is -0.320. The molecule has 0 bridgehead atoms. The molecule has 7 N–H and O–H groups in total. The number of alkyl halides is 1. The molecule has 0 spiro atoms. The minimum absolute atomic E-state index is 0.0523. The average molecular weight is 805 g/mol. The van der Waals surface area contributed by atoms with E-state index in [0.29, 0.717) is 25.7 Å². The van der Waals surface area contributed by atoms with Crippen molar-refractivity contribution >= 4 is 29.7 Å². The van der Waals surface area contributed by atoms with Crippen LogP contribution in [0.25, 0.3) is 0 Å². The van der Waals surface area contributed by atoms with Gasteiger partial charge in [-0.2, -0.15) is 0 Å². The van der Waals surface area contributed by atoms with E-state index in [2.05, 4.69) is 0 Å². The molecule has 2 heterocycles. The molecule has 2 unspecified atom stereocenters. The summed E-state index contributed by atoms with van der Waals surface area (Å²) in [6.45, 7) is 6.06. The molecule has 2 saturated heterocycles. The molecule has 0 aromatic carbocycles. The van der Waals surface area contributed by atoms with Gasteiger partial charge in [-0.25, -0.2) is 14.0 Å². The molecule has 4 aliphatic carbocycles. The van der Waals surface area contributed by atoms with Crippen LogP contribution in [-0.2, 0) is 52.4 Å². The van der Waals surface area contributed by atoms with Gasteiger partial charge in [0.2, 0.25) is 0 Å². The SMILES string of the molecule is CC(=O)OCC(=O)[C@H]1CC[C@H]2[C@@H]3C[C@H](F)[C@H]4C[C@H](OC5O[C@H](C(=O)O)[C@@H](O)[C@H](O)[C@H]5OC(=O)[C@H]5OC(O)[C@H](O)[C@@H](O)[C@@H]5O)CC[C@]4(C)[C@H]3[C@H](OC(C)=O)C[C@]12C. The number of fused-ring (bicyclic) bond motifs is 5. The topological polar surface area (TPSA) is 282 Å². The van der Waals surface area contributed by atoms with E-state index in [1.54, 1.807) is 0 Å². The zero-order chi connectivity index (χ0) is 41.2. The van der Waals surface area contributed by atoms with Crippen molar-refractivity contribution < 1.29 is 92.5 Å². The molecule has 0 aromatic heterocycles. The smallest absolute Gasteiger partial charge is 0.338 e. The highest BCUT2D eigenvalue weighted by Crippen LogP contribution is 2.68. The molecule has 20 atom stereocenters. The highest BCUT2D eigenvalue weighted by molar-refractivity contribution is 5.85. The standard InChI is InChI=1S/C37H53FO18/c1-13(39)51-12-21(41)18-6-5-17-16-10-20(38)19-9-15(7-8-36(19,3)23(16)22(52-14(2)40)11-37(17,18)4)53-35-31(27(45)26(44)29(56-35)32(47)48)55-34(50)30-25(43)24(42)28(46)33(49)54-30/h15-20,22-31,33,35,42-46,49H,5-12H2,1-4H3,(H,47,48)/t15-,16+,17+,18-,19-,20+,22-,23-,24+,25+,26+,27+,28-,29+,30+,31-,33?,35?,36+,37+/m1/s1. The summed E-state index contributed by atoms with van der Waals surface area (Å²) in [4.78, 5) is 62.5. The van der Waals surface area contributed by atoms with Gasteiger partial charge in [-0.15, -0.1) is 0 Å². The first-order valence-corrected chi connectivity index (χ1v) is 19.1. The summed E-state index contributed by atoms with van der Waals surface area (Å²) < 4.78 is 49.7. The van der Waals surface area contributed by atoms with E-state index in [1.807, 2.05) is 13.8 Å². The summed E-state index contributed by atoms with van der Waals surface area (Å²) >= 11 is 0. The first-order chi connectivity index (χ1) is 26.2. The summed E-state index contributed by atoms with van der Waals surface area (Å²) in [7, 11) is 0. The van der Waals surface area contributed by atoms with Crippen molar-refractivity contribution in [3.8, 4) is 0 Å². The molecule has 18 nitrogen and oxygen atoms in total. The van der Waals surface area contributed by atoms with Gasteiger partial charge in [0.05, 0.1) is 6.10 Å². The average Bonchev–Trinajstić information content (AvgIpc) is 3.47. The number of Topliss-reactive ketones (excluding diaryl/α,β-unsaturated/α-hetero) is 1. The van der Waals surface area contributed by atoms with Gasteiger partial charge in [0.1, 0.15) is 49.4 Å². The molecule has 56 heavy (non-hydrogen) atoms. The van der Waals surface area contributed by atoms with Crippen LogP contribution in [0.15, 0.2) is 0 Å². The molecule has 4 saturated carbocycles. The summed E-state index contributed by atoms with van der Waals surface area (Å²) in [5.74, 6) is -6.29. The number of carbonyl (C=O) groups is 5. The van der Waals surface area contributed by atoms with Gasteiger partial charge in [0.15, 0.2) is 36.7 Å². The van der Waals surface area contributed by atoms with Crippen molar-refractivity contribution in [3.05, 3.63) is 0 Å². The van der Waals surface area contributed by atoms with Crippen molar-refractivity contribution in [2.24, 2.45) is 40.4 Å². The second-order valence-corrected chi connectivity index (χ2v) is 17.0. The lowest BCUT2D eigenvalue weighted by atomic mass is 9.43. The predicted molar refractivity (Wildman–Crippen MR) is 180 cm³/mol. The number of hydrogen-bond donors (Lipinski definition) is 7. The number of hydrogen-bond acceptors (Lipinski definition) is 17. The molecule has 6 fully saturated rings. The number of ether oxygens (including phenoxy) is 6. The fourth-order valence-corrected chi connectivity index (χ4v) is 11.3. The van der Waals surface area contributed by atoms with E-state index in [1.165, 1.54) is 13.8 Å². The monoisotopic (exact) mass is 804 g/mol. The van der Waals surface area contributed by atoms with Crippen LogP contribution >= 0.6 is 0 Å². The Bertz CT molecular complexity index is 1530. The van der Waals surface area contributed by atoms with E-state index >= 15 is 4.39 Å². The molecule has 316 valence electrons. The number of carboxylic acid groups (broad SMARTS) is 1. The second-order valence-electron chi connectivity index (χ2n) is 17.0. The zero-order valence-corrected chi connectivity index (χ0v) is 31.5. The van der Waals surface area contributed by atoms with Crippen molar-refractivity contribution in [2.45, 2.75) is 152 Å². The summed E-state index contributed by atoms with van der Waals surface area (Å²) in [6, 6.07) is 0. The van der Waals surface area contributed by atoms with Crippen LogP contribution < -0.4 is 0 Å². The Hall–Kier alpha value is -2.88. The van der Waals surface area contributed by atoms with Crippen molar-refractivity contribution in [1.29, 1.82) is 0 Å². The van der Waals surface area contributed by atoms with E-state index in [9.17, 15) is 59.7 Å². The minimum atomic E-state index is -2.14. The third-order valence-electron chi connectivity index (χ3n) is 13.8. The molecule has 0 radical (unpaired) electrons. The number of halogens is 1. The lowest BCUT2D eigenvalue weighted by Gasteiger charge is -2.63.